The summed E-state index contributed by atoms with van der Waals surface area (Å²) < 4.78 is 74.7. The van der Waals surface area contributed by atoms with Gasteiger partial charge in [-0.1, -0.05) is 0 Å². The molecule has 0 aromatic rings. The molecule has 23 N–H and O–H groups in total. The fraction of sp³-hybridized carbons (Fsp3) is 0.957. The maximum absolute atomic E-state index is 12.3. The van der Waals surface area contributed by atoms with Crippen molar-refractivity contribution in [3.63, 3.8) is 0 Å². The zero-order valence-electron chi connectivity index (χ0n) is 44.7. The molecule has 7 saturated heterocycles. The lowest BCUT2D eigenvalue weighted by Gasteiger charge is -2.50. The van der Waals surface area contributed by atoms with E-state index in [0.29, 0.717) is 0 Å². The summed E-state index contributed by atoms with van der Waals surface area (Å²) in [7, 11) is 0. The second-order valence-electron chi connectivity index (χ2n) is 21.1. The number of aliphatic hydroxyl groups excluding tert-OH is 21. The average Bonchev–Trinajstić information content (AvgIpc) is 2.10. The maximum atomic E-state index is 12.3. The number of hydrogen-bond donors (Lipinski definition) is 23. The van der Waals surface area contributed by atoms with Gasteiger partial charge in [-0.05, 0) is 0 Å². The fourth-order valence-electron chi connectivity index (χ4n) is 10.6. The molecule has 0 spiro atoms. The Hall–Kier alpha value is -2.42. The summed E-state index contributed by atoms with van der Waals surface area (Å²) in [5.41, 5.74) is 0. The normalized spacial score (nSPS) is 50.3. The Morgan fingerprint density at radius 2 is 0.655 bits per heavy atom. The molecule has 7 heterocycles. The Kier molecular flexibility index (Phi) is 24.6. The van der Waals surface area contributed by atoms with Gasteiger partial charge in [-0.2, -0.15) is 0 Å². The number of hydrogen-bond acceptors (Lipinski definition) is 36. The quantitative estimate of drug-likeness (QED) is 0.0507. The molecule has 35 atom stereocenters. The topological polar surface area (TPSA) is 603 Å². The van der Waals surface area contributed by atoms with Crippen molar-refractivity contribution in [2.45, 2.75) is 229 Å². The highest BCUT2D eigenvalue weighted by Crippen LogP contribution is 2.37. The van der Waals surface area contributed by atoms with Crippen molar-refractivity contribution in [3.05, 3.63) is 0 Å². The van der Waals surface area contributed by atoms with Gasteiger partial charge in [0.25, 0.3) is 0 Å². The van der Waals surface area contributed by atoms with Crippen molar-refractivity contribution < 1.29 is 178 Å². The first-order valence-electron chi connectivity index (χ1n) is 26.6. The SMILES string of the molecule is CC(=O)N[C@@H]1[C@@H](O)[C@H](O[C@@H]2O[C@H](CO[C@H]3O[C@H](CO[C@H]4O[C@H](CO)[C@@H](O)[C@H](O)[C@@H]4O)[C@@H](O)[C@H](O[C@H]4O[C@H](CO)[C@@H](O)[C@H](O)[C@@H]4O)[C@@H]3O)[C@@H](O)[C@H](O[C@H]3O[C@H](CO)[C@@H](O)[C@H](O)[C@@H]3O[C@@H]3O[C@H](CO)[C@@H](O)[C@H](O)[C@H]3NC(C)=O)[C@@H]2O)[C@@H](CO)O[C@@H]1O. The first kappa shape index (κ1) is 69.1. The van der Waals surface area contributed by atoms with Gasteiger partial charge in [-0.15, -0.1) is 0 Å². The van der Waals surface area contributed by atoms with Crippen LogP contribution in [0.1, 0.15) is 13.8 Å². The van der Waals surface area contributed by atoms with Gasteiger partial charge in [0, 0.05) is 13.8 Å². The van der Waals surface area contributed by atoms with E-state index in [-0.39, 0.29) is 0 Å². The number of rotatable bonds is 21. The molecular formula is C46H78N2O36. The fourth-order valence-corrected chi connectivity index (χ4v) is 10.6. The van der Waals surface area contributed by atoms with Gasteiger partial charge >= 0.3 is 0 Å². The average molecular weight is 1240 g/mol. The third kappa shape index (κ3) is 14.9. The van der Waals surface area contributed by atoms with Crippen molar-refractivity contribution in [2.75, 3.05) is 46.2 Å². The molecule has 0 unspecified atom stereocenters. The molecule has 38 nitrogen and oxygen atoms in total. The monoisotopic (exact) mass is 1230 g/mol. The molecule has 7 aliphatic heterocycles. The molecule has 0 aromatic carbocycles. The zero-order valence-corrected chi connectivity index (χ0v) is 44.7. The molecule has 0 radical (unpaired) electrons. The molecule has 0 aromatic heterocycles. The first-order valence-corrected chi connectivity index (χ1v) is 26.6. The van der Waals surface area contributed by atoms with Crippen LogP contribution in [-0.2, 0) is 71.2 Å². The summed E-state index contributed by atoms with van der Waals surface area (Å²) >= 11 is 0. The van der Waals surface area contributed by atoms with Crippen LogP contribution in [0.3, 0.4) is 0 Å². The summed E-state index contributed by atoms with van der Waals surface area (Å²) in [5.74, 6) is -1.62. The van der Waals surface area contributed by atoms with Crippen LogP contribution in [0.25, 0.3) is 0 Å². The number of carbonyl (C=O) groups excluding carboxylic acids is 2. The number of carbonyl (C=O) groups is 2. The van der Waals surface area contributed by atoms with Crippen molar-refractivity contribution in [3.8, 4) is 0 Å². The van der Waals surface area contributed by atoms with Gasteiger partial charge in [0.1, 0.15) is 171 Å². The van der Waals surface area contributed by atoms with Gasteiger partial charge in [0.2, 0.25) is 11.8 Å². The minimum absolute atomic E-state index is 0.800. The lowest BCUT2D eigenvalue weighted by atomic mass is 9.94. The van der Waals surface area contributed by atoms with Crippen LogP contribution in [-0.4, -0.2) is 380 Å². The lowest BCUT2D eigenvalue weighted by molar-refractivity contribution is -0.394. The maximum Gasteiger partial charge on any atom is 0.217 e. The van der Waals surface area contributed by atoms with Crippen molar-refractivity contribution >= 4 is 11.8 Å². The van der Waals surface area contributed by atoms with Gasteiger partial charge < -0.3 is 179 Å². The molecule has 0 aliphatic carbocycles. The minimum Gasteiger partial charge on any atom is -0.394 e. The van der Waals surface area contributed by atoms with E-state index < -0.39 is 273 Å². The van der Waals surface area contributed by atoms with Crippen molar-refractivity contribution in [2.24, 2.45) is 0 Å². The predicted octanol–water partition coefficient (Wildman–Crippen LogP) is -16.0. The molecular weight excluding hydrogens is 1160 g/mol. The van der Waals surface area contributed by atoms with E-state index in [2.05, 4.69) is 10.6 Å². The van der Waals surface area contributed by atoms with Gasteiger partial charge in [0.15, 0.2) is 44.0 Å². The van der Waals surface area contributed by atoms with E-state index >= 15 is 0 Å². The summed E-state index contributed by atoms with van der Waals surface area (Å²) in [6, 6.07) is -3.39. The molecule has 84 heavy (non-hydrogen) atoms. The highest BCUT2D eigenvalue weighted by molar-refractivity contribution is 5.73. The van der Waals surface area contributed by atoms with E-state index in [9.17, 15) is 117 Å². The Balaban J connectivity index is 1.21. The summed E-state index contributed by atoms with van der Waals surface area (Å²) in [6.07, 6.45) is -66.0. The van der Waals surface area contributed by atoms with Crippen molar-refractivity contribution in [1.82, 2.24) is 10.6 Å². The molecule has 38 heteroatoms. The Morgan fingerprint density at radius 3 is 1.15 bits per heavy atom. The second-order valence-corrected chi connectivity index (χ2v) is 21.1. The Bertz CT molecular complexity index is 2060. The van der Waals surface area contributed by atoms with Gasteiger partial charge in [0.05, 0.1) is 46.2 Å². The van der Waals surface area contributed by atoms with E-state index in [4.69, 9.17) is 61.6 Å². The highest BCUT2D eigenvalue weighted by Gasteiger charge is 2.58. The molecule has 0 saturated carbocycles. The molecule has 2 amide bonds. The van der Waals surface area contributed by atoms with E-state index in [1.54, 1.807) is 0 Å². The van der Waals surface area contributed by atoms with Crippen LogP contribution in [0.5, 0.6) is 0 Å². The van der Waals surface area contributed by atoms with Crippen LogP contribution in [0.4, 0.5) is 0 Å². The van der Waals surface area contributed by atoms with Crippen molar-refractivity contribution in [1.29, 1.82) is 0 Å². The standard InChI is InChI=1S/C46H78N2O36/c1-10(54)47-19-28(63)36(16(7-53)74-40(19)71)81-45-35(70)38(83-46-39(31(66)24(59)15(6-52)78-46)84-41-20(48-11(2)55)27(62)21(56)12(3-49)75-41)26(61)18(80-45)9-73-43-34(69)37(82-44-33(68)30(65)23(58)14(5-51)77-44)25(60)17(79-43)8-72-42-32(67)29(64)22(57)13(4-50)76-42/h12-46,49-53,56-71H,3-9H2,1-2H3,(H,47,54)(H,48,55)/t12-,13-,14-,15-,16-,17-,18-,19-,20-,21-,22-,23-,24-,25-,26-,27-,28-,29+,30+,31+,32+,33+,34+,35+,36-,37+,38+,39+,40+,41+,42+,43+,44-,45+,46-/m1/s1. The lowest BCUT2D eigenvalue weighted by Crippen LogP contribution is -2.69. The molecule has 7 rings (SSSR count). The van der Waals surface area contributed by atoms with Crippen LogP contribution in [0, 0.1) is 0 Å². The number of aliphatic hydroxyl groups is 21. The third-order valence-corrected chi connectivity index (χ3v) is 15.3. The van der Waals surface area contributed by atoms with Crippen LogP contribution < -0.4 is 10.6 Å². The van der Waals surface area contributed by atoms with E-state index in [1.807, 2.05) is 0 Å². The minimum atomic E-state index is -2.38. The van der Waals surface area contributed by atoms with E-state index in [0.717, 1.165) is 13.8 Å². The number of amides is 2. The number of nitrogens with one attached hydrogen (secondary N) is 2. The van der Waals surface area contributed by atoms with E-state index in [1.165, 1.54) is 0 Å². The molecule has 7 fully saturated rings. The Morgan fingerprint density at radius 1 is 0.310 bits per heavy atom. The molecule has 488 valence electrons. The second kappa shape index (κ2) is 29.9. The number of ether oxygens (including phenoxy) is 13. The molecule has 0 bridgehead atoms. The zero-order chi connectivity index (χ0) is 61.9. The first-order chi connectivity index (χ1) is 39.7. The highest BCUT2D eigenvalue weighted by atomic mass is 16.8. The van der Waals surface area contributed by atoms with Gasteiger partial charge in [-0.3, -0.25) is 9.59 Å². The summed E-state index contributed by atoms with van der Waals surface area (Å²) in [6.45, 7) is -4.88. The predicted molar refractivity (Wildman–Crippen MR) is 255 cm³/mol. The largest absolute Gasteiger partial charge is 0.394 e. The molecule has 7 aliphatic rings. The Labute approximate surface area is 475 Å². The summed E-state index contributed by atoms with van der Waals surface area (Å²) in [5, 5.41) is 232. The summed E-state index contributed by atoms with van der Waals surface area (Å²) in [4.78, 5) is 24.4. The van der Waals surface area contributed by atoms with Crippen LogP contribution >= 0.6 is 0 Å². The van der Waals surface area contributed by atoms with Crippen LogP contribution in [0.2, 0.25) is 0 Å². The van der Waals surface area contributed by atoms with Crippen LogP contribution in [0.15, 0.2) is 0 Å². The van der Waals surface area contributed by atoms with Gasteiger partial charge in [-0.25, -0.2) is 0 Å². The smallest absolute Gasteiger partial charge is 0.217 e. The third-order valence-electron chi connectivity index (χ3n) is 15.3.